The van der Waals surface area contributed by atoms with Gasteiger partial charge in [0.15, 0.2) is 5.96 Å². The van der Waals surface area contributed by atoms with Crippen molar-refractivity contribution in [2.24, 2.45) is 4.99 Å². The van der Waals surface area contributed by atoms with Crippen molar-refractivity contribution in [3.63, 3.8) is 0 Å². The molecule has 1 aliphatic heterocycles. The maximum Gasteiger partial charge on any atom is 0.261 e. The smallest absolute Gasteiger partial charge is 0.261 e. The van der Waals surface area contributed by atoms with Crippen molar-refractivity contribution in [1.29, 1.82) is 0 Å². The van der Waals surface area contributed by atoms with Crippen LogP contribution >= 0.6 is 35.6 Å². The molecule has 142 valence electrons. The zero-order chi connectivity index (χ0) is 18.5. The molecule has 0 saturated carbocycles. The summed E-state index contributed by atoms with van der Waals surface area (Å²) in [5, 5.41) is 6.94. The highest BCUT2D eigenvalue weighted by molar-refractivity contribution is 14.0. The van der Waals surface area contributed by atoms with Gasteiger partial charge in [-0.25, -0.2) is 0 Å². The van der Waals surface area contributed by atoms with Crippen LogP contribution in [0, 0.1) is 0 Å². The summed E-state index contributed by atoms with van der Waals surface area (Å²) in [4.78, 5) is 30.0. The Morgan fingerprint density at radius 2 is 1.59 bits per heavy atom. The van der Waals surface area contributed by atoms with Crippen LogP contribution in [0.3, 0.4) is 0 Å². The van der Waals surface area contributed by atoms with E-state index < -0.39 is 0 Å². The Kier molecular flexibility index (Phi) is 7.61. The lowest BCUT2D eigenvalue weighted by Gasteiger charge is -2.16. The molecule has 0 aliphatic carbocycles. The van der Waals surface area contributed by atoms with Crippen LogP contribution in [0.4, 0.5) is 0 Å². The summed E-state index contributed by atoms with van der Waals surface area (Å²) in [5.41, 5.74) is 1.87. The van der Waals surface area contributed by atoms with E-state index in [1.807, 2.05) is 24.3 Å². The van der Waals surface area contributed by atoms with Crippen molar-refractivity contribution in [2.75, 3.05) is 20.1 Å². The molecule has 0 atom stereocenters. The Bertz CT molecular complexity index is 837. The molecule has 6 nitrogen and oxygen atoms in total. The van der Waals surface area contributed by atoms with E-state index in [1.54, 1.807) is 31.3 Å². The lowest BCUT2D eigenvalue weighted by molar-refractivity contribution is 0.0657. The first-order valence-corrected chi connectivity index (χ1v) is 8.62. The fraction of sp³-hybridized carbons (Fsp3) is 0.211. The first-order valence-electron chi connectivity index (χ1n) is 8.25. The van der Waals surface area contributed by atoms with E-state index in [1.165, 1.54) is 4.90 Å². The molecule has 3 rings (SSSR count). The van der Waals surface area contributed by atoms with Crippen LogP contribution in [0.25, 0.3) is 0 Å². The summed E-state index contributed by atoms with van der Waals surface area (Å²) < 4.78 is 0. The number of imide groups is 1. The molecule has 0 bridgehead atoms. The standard InChI is InChI=1S/C19H19ClN4O2.HI/c1-21-19(23-12-13-6-2-5-9-16(13)20)22-10-11-24-17(25)14-7-3-4-8-15(14)18(24)26;/h2-9H,10-12H2,1H3,(H2,21,22,23);1H. The highest BCUT2D eigenvalue weighted by Crippen LogP contribution is 2.21. The van der Waals surface area contributed by atoms with Gasteiger partial charge in [0.2, 0.25) is 0 Å². The van der Waals surface area contributed by atoms with Gasteiger partial charge >= 0.3 is 0 Å². The number of benzene rings is 2. The molecule has 0 unspecified atom stereocenters. The van der Waals surface area contributed by atoms with Crippen molar-refractivity contribution in [3.05, 3.63) is 70.2 Å². The number of nitrogens with zero attached hydrogens (tertiary/aromatic N) is 2. The second kappa shape index (κ2) is 9.70. The molecule has 0 spiro atoms. The van der Waals surface area contributed by atoms with E-state index in [0.717, 1.165) is 5.56 Å². The van der Waals surface area contributed by atoms with Gasteiger partial charge in [0.05, 0.1) is 11.1 Å². The third-order valence-corrected chi connectivity index (χ3v) is 4.50. The van der Waals surface area contributed by atoms with Crippen molar-refractivity contribution in [1.82, 2.24) is 15.5 Å². The van der Waals surface area contributed by atoms with Crippen LogP contribution in [-0.4, -0.2) is 42.8 Å². The number of nitrogens with one attached hydrogen (secondary N) is 2. The topological polar surface area (TPSA) is 73.8 Å². The van der Waals surface area contributed by atoms with Crippen LogP contribution in [0.15, 0.2) is 53.5 Å². The molecular weight excluding hydrogens is 479 g/mol. The minimum absolute atomic E-state index is 0. The SMILES string of the molecule is CN=C(NCCN1C(=O)c2ccccc2C1=O)NCc1ccccc1Cl.I. The number of guanidine groups is 1. The number of carbonyl (C=O) groups is 2. The quantitative estimate of drug-likeness (QED) is 0.288. The van der Waals surface area contributed by atoms with E-state index in [-0.39, 0.29) is 42.3 Å². The molecule has 27 heavy (non-hydrogen) atoms. The highest BCUT2D eigenvalue weighted by atomic mass is 127. The molecule has 1 aliphatic rings. The molecule has 0 radical (unpaired) electrons. The lowest BCUT2D eigenvalue weighted by atomic mass is 10.1. The highest BCUT2D eigenvalue weighted by Gasteiger charge is 2.34. The number of hydrogen-bond donors (Lipinski definition) is 2. The van der Waals surface area contributed by atoms with E-state index in [4.69, 9.17) is 11.6 Å². The average molecular weight is 499 g/mol. The monoisotopic (exact) mass is 498 g/mol. The summed E-state index contributed by atoms with van der Waals surface area (Å²) >= 11 is 6.14. The average Bonchev–Trinajstić information content (AvgIpc) is 2.90. The largest absolute Gasteiger partial charge is 0.355 e. The number of fused-ring (bicyclic) bond motifs is 1. The Morgan fingerprint density at radius 3 is 2.19 bits per heavy atom. The number of carbonyl (C=O) groups excluding carboxylic acids is 2. The van der Waals surface area contributed by atoms with E-state index >= 15 is 0 Å². The van der Waals surface area contributed by atoms with Crippen LogP contribution in [0.2, 0.25) is 5.02 Å². The maximum atomic E-state index is 12.3. The molecule has 2 N–H and O–H groups in total. The number of halogens is 2. The summed E-state index contributed by atoms with van der Waals surface area (Å²) in [6.07, 6.45) is 0. The summed E-state index contributed by atoms with van der Waals surface area (Å²) in [5.74, 6) is 0.0550. The molecule has 2 aromatic rings. The molecule has 8 heteroatoms. The van der Waals surface area contributed by atoms with Gasteiger partial charge in [0.1, 0.15) is 0 Å². The first kappa shape index (κ1) is 21.2. The predicted molar refractivity (Wildman–Crippen MR) is 117 cm³/mol. The number of rotatable bonds is 5. The van der Waals surface area contributed by atoms with Gasteiger partial charge in [-0.05, 0) is 23.8 Å². The zero-order valence-corrected chi connectivity index (χ0v) is 17.8. The maximum absolute atomic E-state index is 12.3. The van der Waals surface area contributed by atoms with Gasteiger partial charge in [0.25, 0.3) is 11.8 Å². The van der Waals surface area contributed by atoms with Crippen LogP contribution in [-0.2, 0) is 6.54 Å². The Hall–Kier alpha value is -2.13. The van der Waals surface area contributed by atoms with Crippen LogP contribution < -0.4 is 10.6 Å². The fourth-order valence-corrected chi connectivity index (χ4v) is 2.97. The number of aliphatic imine (C=N–C) groups is 1. The Morgan fingerprint density at radius 1 is 1.00 bits per heavy atom. The third kappa shape index (κ3) is 4.78. The lowest BCUT2D eigenvalue weighted by Crippen LogP contribution is -2.42. The molecule has 2 aromatic carbocycles. The zero-order valence-electron chi connectivity index (χ0n) is 14.7. The molecular formula is C19H20ClIN4O2. The van der Waals surface area contributed by atoms with Gasteiger partial charge < -0.3 is 10.6 Å². The molecule has 1 heterocycles. The number of amides is 2. The van der Waals surface area contributed by atoms with Gasteiger partial charge in [-0.15, -0.1) is 24.0 Å². The minimum atomic E-state index is -0.258. The molecule has 2 amide bonds. The summed E-state index contributed by atoms with van der Waals surface area (Å²) in [6, 6.07) is 14.4. The minimum Gasteiger partial charge on any atom is -0.355 e. The summed E-state index contributed by atoms with van der Waals surface area (Å²) in [6.45, 7) is 1.18. The Labute approximate surface area is 180 Å². The Balaban J connectivity index is 0.00000261. The van der Waals surface area contributed by atoms with Gasteiger partial charge in [-0.3, -0.25) is 19.5 Å². The second-order valence-electron chi connectivity index (χ2n) is 5.75. The van der Waals surface area contributed by atoms with Crippen molar-refractivity contribution < 1.29 is 9.59 Å². The fourth-order valence-electron chi connectivity index (χ4n) is 2.77. The van der Waals surface area contributed by atoms with Crippen LogP contribution in [0.5, 0.6) is 0 Å². The van der Waals surface area contributed by atoms with Gasteiger partial charge in [-0.2, -0.15) is 0 Å². The van der Waals surface area contributed by atoms with Crippen molar-refractivity contribution >= 4 is 53.4 Å². The summed E-state index contributed by atoms with van der Waals surface area (Å²) in [7, 11) is 1.66. The third-order valence-electron chi connectivity index (χ3n) is 4.13. The first-order chi connectivity index (χ1) is 12.6. The van der Waals surface area contributed by atoms with E-state index in [2.05, 4.69) is 15.6 Å². The van der Waals surface area contributed by atoms with Gasteiger partial charge in [0, 0.05) is 31.7 Å². The predicted octanol–water partition coefficient (Wildman–Crippen LogP) is 2.92. The molecule has 0 saturated heterocycles. The van der Waals surface area contributed by atoms with Crippen molar-refractivity contribution in [2.45, 2.75) is 6.54 Å². The number of hydrogen-bond acceptors (Lipinski definition) is 3. The van der Waals surface area contributed by atoms with Crippen LogP contribution in [0.1, 0.15) is 26.3 Å². The van der Waals surface area contributed by atoms with E-state index in [0.29, 0.717) is 35.2 Å². The normalized spacial score (nSPS) is 13.3. The second-order valence-corrected chi connectivity index (χ2v) is 6.16. The van der Waals surface area contributed by atoms with Gasteiger partial charge in [-0.1, -0.05) is 41.9 Å². The molecule has 0 aromatic heterocycles. The van der Waals surface area contributed by atoms with E-state index in [9.17, 15) is 9.59 Å². The van der Waals surface area contributed by atoms with Crippen molar-refractivity contribution in [3.8, 4) is 0 Å². The molecule has 0 fully saturated rings.